The first-order valence-corrected chi connectivity index (χ1v) is 6.92. The molecule has 1 atom stereocenters. The molecule has 0 aromatic carbocycles. The Hall–Kier alpha value is -0.930. The first-order valence-electron chi connectivity index (χ1n) is 6.92. The second-order valence-electron chi connectivity index (χ2n) is 5.34. The number of aryl methyl sites for hydroxylation is 1. The molecule has 1 aliphatic rings. The van der Waals surface area contributed by atoms with Crippen LogP contribution >= 0.6 is 0 Å². The minimum absolute atomic E-state index is 0.534. The van der Waals surface area contributed by atoms with Gasteiger partial charge < -0.3 is 9.64 Å². The van der Waals surface area contributed by atoms with Crippen molar-refractivity contribution in [3.8, 4) is 0 Å². The number of hydrogen-bond donors (Lipinski definition) is 0. The summed E-state index contributed by atoms with van der Waals surface area (Å²) >= 11 is 0. The quantitative estimate of drug-likeness (QED) is 0.819. The molecular formula is C15H24N2O. The van der Waals surface area contributed by atoms with Crippen LogP contribution in [0.1, 0.15) is 42.6 Å². The van der Waals surface area contributed by atoms with Crippen LogP contribution in [0.4, 0.5) is 0 Å². The molecule has 100 valence electrons. The largest absolute Gasteiger partial charge is 0.381 e. The zero-order valence-corrected chi connectivity index (χ0v) is 11.8. The molecule has 0 bridgehead atoms. The van der Waals surface area contributed by atoms with Crippen LogP contribution in [0.3, 0.4) is 0 Å². The number of rotatable bonds is 4. The minimum Gasteiger partial charge on any atom is -0.381 e. The third kappa shape index (κ3) is 3.30. The molecule has 1 aromatic heterocycles. The lowest BCUT2D eigenvalue weighted by molar-refractivity contribution is 0.0799. The lowest BCUT2D eigenvalue weighted by atomic mass is 9.91. The van der Waals surface area contributed by atoms with Crippen molar-refractivity contribution in [2.75, 3.05) is 27.3 Å². The molecule has 2 heterocycles. The van der Waals surface area contributed by atoms with Crippen LogP contribution in [0.2, 0.25) is 0 Å². The standard InChI is InChI=1S/C15H24N2O/c1-4-13-7-8-14(12-6-5-9-18-11-12)15(16-13)10-17(2)3/h7-8,12H,4-6,9-11H2,1-3H3/t12-/m1/s1. The van der Waals surface area contributed by atoms with E-state index < -0.39 is 0 Å². The molecule has 3 nitrogen and oxygen atoms in total. The maximum atomic E-state index is 5.61. The Labute approximate surface area is 110 Å². The molecule has 0 unspecified atom stereocenters. The van der Waals surface area contributed by atoms with Crippen LogP contribution < -0.4 is 0 Å². The fraction of sp³-hybridized carbons (Fsp3) is 0.667. The van der Waals surface area contributed by atoms with Crippen molar-refractivity contribution in [2.45, 2.75) is 38.6 Å². The highest BCUT2D eigenvalue weighted by Gasteiger charge is 2.20. The zero-order valence-electron chi connectivity index (χ0n) is 11.8. The Balaban J connectivity index is 2.25. The first kappa shape index (κ1) is 13.5. The molecule has 0 N–H and O–H groups in total. The highest BCUT2D eigenvalue weighted by Crippen LogP contribution is 2.28. The van der Waals surface area contributed by atoms with Crippen molar-refractivity contribution in [3.05, 3.63) is 29.1 Å². The van der Waals surface area contributed by atoms with E-state index in [0.717, 1.165) is 26.2 Å². The summed E-state index contributed by atoms with van der Waals surface area (Å²) < 4.78 is 5.61. The van der Waals surface area contributed by atoms with Gasteiger partial charge in [-0.15, -0.1) is 0 Å². The summed E-state index contributed by atoms with van der Waals surface area (Å²) in [5.74, 6) is 0.534. The van der Waals surface area contributed by atoms with E-state index in [4.69, 9.17) is 9.72 Å². The summed E-state index contributed by atoms with van der Waals surface area (Å²) in [6.45, 7) is 4.85. The summed E-state index contributed by atoms with van der Waals surface area (Å²) in [6, 6.07) is 4.44. The van der Waals surface area contributed by atoms with Crippen LogP contribution in [-0.4, -0.2) is 37.2 Å². The molecule has 1 fully saturated rings. The summed E-state index contributed by atoms with van der Waals surface area (Å²) in [4.78, 5) is 7.00. The highest BCUT2D eigenvalue weighted by atomic mass is 16.5. The van der Waals surface area contributed by atoms with Crippen LogP contribution in [0.25, 0.3) is 0 Å². The Morgan fingerprint density at radius 1 is 1.39 bits per heavy atom. The van der Waals surface area contributed by atoms with Crippen molar-refractivity contribution in [1.29, 1.82) is 0 Å². The topological polar surface area (TPSA) is 25.4 Å². The molecule has 2 rings (SSSR count). The van der Waals surface area contributed by atoms with Gasteiger partial charge in [-0.25, -0.2) is 0 Å². The molecule has 3 heteroatoms. The molecule has 18 heavy (non-hydrogen) atoms. The molecule has 0 saturated carbocycles. The van der Waals surface area contributed by atoms with Crippen molar-refractivity contribution < 1.29 is 4.74 Å². The monoisotopic (exact) mass is 248 g/mol. The van der Waals surface area contributed by atoms with E-state index in [0.29, 0.717) is 5.92 Å². The van der Waals surface area contributed by atoms with Gasteiger partial charge in [0.15, 0.2) is 0 Å². The SMILES string of the molecule is CCc1ccc([C@@H]2CCCOC2)c(CN(C)C)n1. The Morgan fingerprint density at radius 2 is 2.22 bits per heavy atom. The summed E-state index contributed by atoms with van der Waals surface area (Å²) in [6.07, 6.45) is 3.40. The number of hydrogen-bond acceptors (Lipinski definition) is 3. The van der Waals surface area contributed by atoms with Gasteiger partial charge in [0.05, 0.1) is 12.3 Å². The predicted octanol–water partition coefficient (Wildman–Crippen LogP) is 2.60. The van der Waals surface area contributed by atoms with E-state index in [1.165, 1.54) is 29.8 Å². The van der Waals surface area contributed by atoms with Crippen LogP contribution in [0.5, 0.6) is 0 Å². The Kier molecular flexibility index (Phi) is 4.72. The molecule has 0 spiro atoms. The zero-order chi connectivity index (χ0) is 13.0. The van der Waals surface area contributed by atoms with Gasteiger partial charge in [-0.3, -0.25) is 4.98 Å². The van der Waals surface area contributed by atoms with Gasteiger partial charge in [-0.1, -0.05) is 13.0 Å². The molecule has 1 aliphatic heterocycles. The van der Waals surface area contributed by atoms with Crippen molar-refractivity contribution in [2.24, 2.45) is 0 Å². The lowest BCUT2D eigenvalue weighted by Crippen LogP contribution is -2.20. The predicted molar refractivity (Wildman–Crippen MR) is 73.8 cm³/mol. The van der Waals surface area contributed by atoms with Crippen molar-refractivity contribution in [3.63, 3.8) is 0 Å². The van der Waals surface area contributed by atoms with E-state index in [2.05, 4.69) is 38.1 Å². The van der Waals surface area contributed by atoms with Gasteiger partial charge in [0, 0.05) is 24.8 Å². The van der Waals surface area contributed by atoms with E-state index >= 15 is 0 Å². The number of aromatic nitrogens is 1. The second-order valence-corrected chi connectivity index (χ2v) is 5.34. The lowest BCUT2D eigenvalue weighted by Gasteiger charge is -2.25. The van der Waals surface area contributed by atoms with Crippen molar-refractivity contribution in [1.82, 2.24) is 9.88 Å². The van der Waals surface area contributed by atoms with Gasteiger partial charge >= 0.3 is 0 Å². The summed E-state index contributed by atoms with van der Waals surface area (Å²) in [5, 5.41) is 0. The molecule has 1 aromatic rings. The third-order valence-electron chi connectivity index (χ3n) is 3.50. The summed E-state index contributed by atoms with van der Waals surface area (Å²) in [7, 11) is 4.20. The molecular weight excluding hydrogens is 224 g/mol. The fourth-order valence-electron chi connectivity index (χ4n) is 2.54. The molecule has 0 aliphatic carbocycles. The van der Waals surface area contributed by atoms with Gasteiger partial charge in [-0.2, -0.15) is 0 Å². The maximum absolute atomic E-state index is 5.61. The van der Waals surface area contributed by atoms with Gasteiger partial charge in [0.25, 0.3) is 0 Å². The van der Waals surface area contributed by atoms with Gasteiger partial charge in [0.1, 0.15) is 0 Å². The first-order chi connectivity index (χ1) is 8.70. The minimum atomic E-state index is 0.534. The van der Waals surface area contributed by atoms with Gasteiger partial charge in [-0.05, 0) is 45.0 Å². The number of pyridine rings is 1. The second kappa shape index (κ2) is 6.30. The molecule has 0 amide bonds. The van der Waals surface area contributed by atoms with Crippen molar-refractivity contribution >= 4 is 0 Å². The van der Waals surface area contributed by atoms with Crippen LogP contribution in [0.15, 0.2) is 12.1 Å². The van der Waals surface area contributed by atoms with E-state index in [1.807, 2.05) is 0 Å². The molecule has 0 radical (unpaired) electrons. The molecule has 1 saturated heterocycles. The third-order valence-corrected chi connectivity index (χ3v) is 3.50. The Bertz CT molecular complexity index is 384. The Morgan fingerprint density at radius 3 is 2.83 bits per heavy atom. The van der Waals surface area contributed by atoms with E-state index in [-0.39, 0.29) is 0 Å². The average Bonchev–Trinajstić information content (AvgIpc) is 2.39. The smallest absolute Gasteiger partial charge is 0.0582 e. The maximum Gasteiger partial charge on any atom is 0.0582 e. The van der Waals surface area contributed by atoms with E-state index in [9.17, 15) is 0 Å². The van der Waals surface area contributed by atoms with Gasteiger partial charge in [0.2, 0.25) is 0 Å². The number of nitrogens with zero attached hydrogens (tertiary/aromatic N) is 2. The van der Waals surface area contributed by atoms with E-state index in [1.54, 1.807) is 0 Å². The van der Waals surface area contributed by atoms with Crippen LogP contribution in [-0.2, 0) is 17.7 Å². The van der Waals surface area contributed by atoms with Crippen LogP contribution in [0, 0.1) is 0 Å². The highest BCUT2D eigenvalue weighted by molar-refractivity contribution is 5.27. The number of ether oxygens (including phenoxy) is 1. The normalized spacial score (nSPS) is 20.3. The summed E-state index contributed by atoms with van der Waals surface area (Å²) in [5.41, 5.74) is 3.81. The fourth-order valence-corrected chi connectivity index (χ4v) is 2.54. The average molecular weight is 248 g/mol.